The largest absolute Gasteiger partial charge is 0.504 e. The Labute approximate surface area is 108 Å². The summed E-state index contributed by atoms with van der Waals surface area (Å²) in [6, 6.07) is 6.20. The van der Waals surface area contributed by atoms with Crippen LogP contribution in [0.4, 0.5) is 0 Å². The second kappa shape index (κ2) is 3.65. The quantitative estimate of drug-likeness (QED) is 0.581. The number of hydrogen-bond acceptors (Lipinski definition) is 5. The van der Waals surface area contributed by atoms with Crippen molar-refractivity contribution in [2.45, 2.75) is 0 Å². The maximum Gasteiger partial charge on any atom is 0.201 e. The van der Waals surface area contributed by atoms with E-state index in [1.165, 1.54) is 13.2 Å². The van der Waals surface area contributed by atoms with Crippen LogP contribution < -0.4 is 4.74 Å². The molecular formula is C14H10O5. The molecule has 5 heteroatoms. The van der Waals surface area contributed by atoms with E-state index in [0.717, 1.165) is 0 Å². The molecule has 0 radical (unpaired) electrons. The highest BCUT2D eigenvalue weighted by Gasteiger charge is 2.34. The highest BCUT2D eigenvalue weighted by atomic mass is 16.5. The lowest BCUT2D eigenvalue weighted by Crippen LogP contribution is -1.96. The van der Waals surface area contributed by atoms with Crippen LogP contribution in [0, 0.1) is 0 Å². The number of hydrogen-bond donors (Lipinski definition) is 3. The van der Waals surface area contributed by atoms with Crippen molar-refractivity contribution in [2.75, 3.05) is 7.11 Å². The highest BCUT2D eigenvalue weighted by molar-refractivity contribution is 6.24. The van der Waals surface area contributed by atoms with Crippen molar-refractivity contribution in [3.63, 3.8) is 0 Å². The van der Waals surface area contributed by atoms with Crippen LogP contribution in [0.2, 0.25) is 0 Å². The zero-order valence-corrected chi connectivity index (χ0v) is 9.97. The number of phenols is 3. The second-order valence-electron chi connectivity index (χ2n) is 4.23. The average molecular weight is 258 g/mol. The molecule has 0 heterocycles. The van der Waals surface area contributed by atoms with Crippen molar-refractivity contribution in [3.8, 4) is 34.1 Å². The topological polar surface area (TPSA) is 87.0 Å². The van der Waals surface area contributed by atoms with E-state index in [4.69, 9.17) is 4.74 Å². The molecule has 0 atom stereocenters. The smallest absolute Gasteiger partial charge is 0.201 e. The first kappa shape index (κ1) is 11.4. The Kier molecular flexibility index (Phi) is 2.19. The van der Waals surface area contributed by atoms with Crippen LogP contribution in [-0.4, -0.2) is 28.2 Å². The number of carbonyl (C=O) groups excluding carboxylic acids is 1. The standard InChI is InChI=1S/C14H10O5/c1-19-9-4-2-3-6-10(9)7-5-8(15)13(17)14(18)11(7)12(6)16/h2-5,15,17-18H,1H3. The van der Waals surface area contributed by atoms with E-state index in [1.807, 2.05) is 0 Å². The molecule has 0 saturated heterocycles. The van der Waals surface area contributed by atoms with Crippen LogP contribution in [0.25, 0.3) is 11.1 Å². The van der Waals surface area contributed by atoms with Crippen LogP contribution in [0.1, 0.15) is 15.9 Å². The number of methoxy groups -OCH3 is 1. The maximum atomic E-state index is 12.2. The molecule has 2 aromatic rings. The molecule has 3 N–H and O–H groups in total. The molecule has 0 fully saturated rings. The number of phenolic OH excluding ortho intramolecular Hbond substituents is 3. The Hall–Kier alpha value is -2.69. The van der Waals surface area contributed by atoms with Gasteiger partial charge in [-0.2, -0.15) is 0 Å². The van der Waals surface area contributed by atoms with Gasteiger partial charge in [-0.3, -0.25) is 4.79 Å². The summed E-state index contributed by atoms with van der Waals surface area (Å²) < 4.78 is 5.19. The lowest BCUT2D eigenvalue weighted by atomic mass is 10.0. The summed E-state index contributed by atoms with van der Waals surface area (Å²) in [6.45, 7) is 0. The van der Waals surface area contributed by atoms with Gasteiger partial charge in [-0.15, -0.1) is 0 Å². The third-order valence-corrected chi connectivity index (χ3v) is 3.24. The highest BCUT2D eigenvalue weighted by Crippen LogP contribution is 2.51. The zero-order valence-electron chi connectivity index (χ0n) is 9.97. The Morgan fingerprint density at radius 2 is 1.74 bits per heavy atom. The van der Waals surface area contributed by atoms with E-state index < -0.39 is 23.0 Å². The van der Waals surface area contributed by atoms with E-state index in [2.05, 4.69) is 0 Å². The summed E-state index contributed by atoms with van der Waals surface area (Å²) in [5.41, 5.74) is 1.21. The van der Waals surface area contributed by atoms with Crippen molar-refractivity contribution < 1.29 is 24.9 Å². The third kappa shape index (κ3) is 1.32. The summed E-state index contributed by atoms with van der Waals surface area (Å²) in [5, 5.41) is 28.9. The monoisotopic (exact) mass is 258 g/mol. The number of carbonyl (C=O) groups is 1. The number of ether oxygens (including phenoxy) is 1. The molecule has 0 spiro atoms. The van der Waals surface area contributed by atoms with Gasteiger partial charge < -0.3 is 20.1 Å². The SMILES string of the molecule is COc1cccc2c1-c1cc(O)c(O)c(O)c1C2=O. The van der Waals surface area contributed by atoms with Gasteiger partial charge in [0, 0.05) is 16.7 Å². The van der Waals surface area contributed by atoms with Gasteiger partial charge in [-0.05, 0) is 12.1 Å². The first-order valence-electron chi connectivity index (χ1n) is 5.56. The van der Waals surface area contributed by atoms with Crippen molar-refractivity contribution >= 4 is 5.78 Å². The van der Waals surface area contributed by atoms with E-state index in [9.17, 15) is 20.1 Å². The Morgan fingerprint density at radius 1 is 1.00 bits per heavy atom. The van der Waals surface area contributed by atoms with Crippen molar-refractivity contribution in [2.24, 2.45) is 0 Å². The maximum absolute atomic E-state index is 12.2. The molecule has 0 bridgehead atoms. The Morgan fingerprint density at radius 3 is 2.42 bits per heavy atom. The molecule has 5 nitrogen and oxygen atoms in total. The number of fused-ring (bicyclic) bond motifs is 3. The predicted octanol–water partition coefficient (Wildman–Crippen LogP) is 2.02. The van der Waals surface area contributed by atoms with E-state index in [0.29, 0.717) is 22.4 Å². The van der Waals surface area contributed by atoms with Crippen LogP contribution >= 0.6 is 0 Å². The van der Waals surface area contributed by atoms with Crippen LogP contribution in [0.15, 0.2) is 24.3 Å². The third-order valence-electron chi connectivity index (χ3n) is 3.24. The van der Waals surface area contributed by atoms with Gasteiger partial charge >= 0.3 is 0 Å². The molecule has 0 aromatic heterocycles. The zero-order chi connectivity index (χ0) is 13.7. The Balaban J connectivity index is 2.44. The lowest BCUT2D eigenvalue weighted by Gasteiger charge is -2.08. The number of rotatable bonds is 1. The fraction of sp³-hybridized carbons (Fsp3) is 0.0714. The van der Waals surface area contributed by atoms with Gasteiger partial charge in [0.1, 0.15) is 5.75 Å². The summed E-state index contributed by atoms with van der Waals surface area (Å²) in [4.78, 5) is 12.2. The fourth-order valence-corrected chi connectivity index (χ4v) is 2.37. The predicted molar refractivity (Wildman–Crippen MR) is 66.9 cm³/mol. The number of ketones is 1. The molecule has 0 amide bonds. The molecule has 96 valence electrons. The average Bonchev–Trinajstić information content (AvgIpc) is 2.70. The molecule has 3 rings (SSSR count). The first-order valence-corrected chi connectivity index (χ1v) is 5.56. The molecule has 1 aliphatic rings. The molecule has 19 heavy (non-hydrogen) atoms. The fourth-order valence-electron chi connectivity index (χ4n) is 2.37. The number of benzene rings is 2. The van der Waals surface area contributed by atoms with Crippen molar-refractivity contribution in [3.05, 3.63) is 35.4 Å². The van der Waals surface area contributed by atoms with Gasteiger partial charge in [-0.1, -0.05) is 12.1 Å². The molecular weight excluding hydrogens is 248 g/mol. The van der Waals surface area contributed by atoms with E-state index >= 15 is 0 Å². The number of aromatic hydroxyl groups is 3. The minimum Gasteiger partial charge on any atom is -0.504 e. The molecule has 0 unspecified atom stereocenters. The van der Waals surface area contributed by atoms with Gasteiger partial charge in [-0.25, -0.2) is 0 Å². The molecule has 0 aliphatic heterocycles. The summed E-state index contributed by atoms with van der Waals surface area (Å²) >= 11 is 0. The van der Waals surface area contributed by atoms with Gasteiger partial charge in [0.25, 0.3) is 0 Å². The summed E-state index contributed by atoms with van der Waals surface area (Å²) in [5.74, 6) is -1.73. The van der Waals surface area contributed by atoms with Crippen LogP contribution in [0.3, 0.4) is 0 Å². The molecule has 2 aromatic carbocycles. The van der Waals surface area contributed by atoms with Gasteiger partial charge in [0.05, 0.1) is 12.7 Å². The second-order valence-corrected chi connectivity index (χ2v) is 4.23. The summed E-state index contributed by atoms with van der Waals surface area (Å²) in [7, 11) is 1.47. The van der Waals surface area contributed by atoms with E-state index in [-0.39, 0.29) is 5.56 Å². The van der Waals surface area contributed by atoms with E-state index in [1.54, 1.807) is 18.2 Å². The van der Waals surface area contributed by atoms with Gasteiger partial charge in [0.2, 0.25) is 5.75 Å². The molecule has 0 saturated carbocycles. The van der Waals surface area contributed by atoms with Gasteiger partial charge in [0.15, 0.2) is 17.3 Å². The minimum atomic E-state index is -0.695. The van der Waals surface area contributed by atoms with Crippen LogP contribution in [-0.2, 0) is 0 Å². The lowest BCUT2D eigenvalue weighted by molar-refractivity contribution is 0.104. The molecule has 1 aliphatic carbocycles. The summed E-state index contributed by atoms with van der Waals surface area (Å²) in [6.07, 6.45) is 0. The minimum absolute atomic E-state index is 0.0187. The van der Waals surface area contributed by atoms with Crippen molar-refractivity contribution in [1.82, 2.24) is 0 Å². The Bertz CT molecular complexity index is 718. The van der Waals surface area contributed by atoms with Crippen molar-refractivity contribution in [1.29, 1.82) is 0 Å². The first-order chi connectivity index (χ1) is 9.06. The van der Waals surface area contributed by atoms with Crippen LogP contribution in [0.5, 0.6) is 23.0 Å². The normalized spacial score (nSPS) is 12.2.